The summed E-state index contributed by atoms with van der Waals surface area (Å²) in [6, 6.07) is 0. The van der Waals surface area contributed by atoms with Gasteiger partial charge in [0.05, 0.1) is 5.71 Å². The molecule has 0 aliphatic carbocycles. The number of aliphatic imine (C=N–C) groups is 1. The highest BCUT2D eigenvalue weighted by Gasteiger charge is 2.31. The van der Waals surface area contributed by atoms with Crippen LogP contribution in [0.2, 0.25) is 0 Å². The summed E-state index contributed by atoms with van der Waals surface area (Å²) in [5, 5.41) is 2.52. The number of hydrogen-bond acceptors (Lipinski definition) is 3. The third kappa shape index (κ3) is 0.812. The van der Waals surface area contributed by atoms with Crippen molar-refractivity contribution in [1.82, 2.24) is 5.32 Å². The number of nitrogens with one attached hydrogen (secondary N) is 1. The Labute approximate surface area is 68.7 Å². The molecule has 4 nitrogen and oxygen atoms in total. The summed E-state index contributed by atoms with van der Waals surface area (Å²) in [6.07, 6.45) is 5.32. The lowest BCUT2D eigenvalue weighted by Crippen LogP contribution is -2.35. The second-order valence-electron chi connectivity index (χ2n) is 2.58. The Hall–Kier alpha value is -1.71. The van der Waals surface area contributed by atoms with Crippen LogP contribution in [0.25, 0.3) is 0 Å². The van der Waals surface area contributed by atoms with Gasteiger partial charge in [-0.25, -0.2) is 0 Å². The molecule has 0 saturated heterocycles. The number of fused-ring (bicyclic) bond motifs is 1. The molecule has 0 spiro atoms. The fraction of sp³-hybridized carbons (Fsp3) is 0.125. The molecule has 0 bridgehead atoms. The zero-order chi connectivity index (χ0) is 8.55. The molecule has 0 aromatic heterocycles. The van der Waals surface area contributed by atoms with Crippen molar-refractivity contribution in [2.45, 2.75) is 0 Å². The van der Waals surface area contributed by atoms with Crippen molar-refractivity contribution >= 4 is 17.9 Å². The second kappa shape index (κ2) is 2.41. The van der Waals surface area contributed by atoms with Crippen LogP contribution in [0.3, 0.4) is 0 Å². The van der Waals surface area contributed by atoms with Crippen LogP contribution < -0.4 is 5.32 Å². The van der Waals surface area contributed by atoms with Crippen LogP contribution in [0.15, 0.2) is 29.0 Å². The van der Waals surface area contributed by atoms with Crippen LogP contribution in [0.4, 0.5) is 0 Å². The van der Waals surface area contributed by atoms with Gasteiger partial charge >= 0.3 is 0 Å². The maximum absolute atomic E-state index is 11.2. The van der Waals surface area contributed by atoms with E-state index < -0.39 is 5.92 Å². The van der Waals surface area contributed by atoms with E-state index in [0.29, 0.717) is 17.6 Å². The lowest BCUT2D eigenvalue weighted by Gasteiger charge is -2.14. The number of carbonyl (C=O) groups excluding carboxylic acids is 2. The lowest BCUT2D eigenvalue weighted by molar-refractivity contribution is -0.122. The van der Waals surface area contributed by atoms with Crippen molar-refractivity contribution in [2.24, 2.45) is 10.9 Å². The normalized spacial score (nSPS) is 25.7. The summed E-state index contributed by atoms with van der Waals surface area (Å²) in [5.74, 6) is -0.667. The zero-order valence-electron chi connectivity index (χ0n) is 6.15. The summed E-state index contributed by atoms with van der Waals surface area (Å²) < 4.78 is 0. The first-order valence-corrected chi connectivity index (χ1v) is 3.53. The quantitative estimate of drug-likeness (QED) is 0.542. The van der Waals surface area contributed by atoms with Gasteiger partial charge in [-0.1, -0.05) is 0 Å². The maximum atomic E-state index is 11.2. The minimum absolute atomic E-state index is 0.188. The van der Waals surface area contributed by atoms with Gasteiger partial charge in [0.1, 0.15) is 12.2 Å². The summed E-state index contributed by atoms with van der Waals surface area (Å²) >= 11 is 0. The van der Waals surface area contributed by atoms with Gasteiger partial charge in [-0.3, -0.25) is 14.6 Å². The Morgan fingerprint density at radius 3 is 3.17 bits per heavy atom. The molecule has 1 atom stereocenters. The Bertz CT molecular complexity index is 339. The van der Waals surface area contributed by atoms with E-state index in [1.54, 1.807) is 6.08 Å². The molecular formula is C8H6N2O2. The van der Waals surface area contributed by atoms with Crippen molar-refractivity contribution in [1.29, 1.82) is 0 Å². The SMILES string of the molecule is O=CC1=CN=C2C=CNC(=O)C12. The molecule has 60 valence electrons. The molecule has 12 heavy (non-hydrogen) atoms. The first-order chi connectivity index (χ1) is 5.83. The average molecular weight is 162 g/mol. The molecule has 2 aliphatic rings. The number of rotatable bonds is 1. The molecule has 0 aromatic carbocycles. The van der Waals surface area contributed by atoms with Gasteiger partial charge in [0.15, 0.2) is 0 Å². The molecule has 0 radical (unpaired) electrons. The van der Waals surface area contributed by atoms with E-state index in [-0.39, 0.29) is 5.91 Å². The molecule has 1 unspecified atom stereocenters. The van der Waals surface area contributed by atoms with Crippen molar-refractivity contribution in [2.75, 3.05) is 0 Å². The molecule has 1 N–H and O–H groups in total. The van der Waals surface area contributed by atoms with Gasteiger partial charge in [-0.05, 0) is 6.08 Å². The van der Waals surface area contributed by atoms with Crippen LogP contribution in [-0.2, 0) is 9.59 Å². The van der Waals surface area contributed by atoms with Crippen LogP contribution in [0, 0.1) is 5.92 Å². The maximum Gasteiger partial charge on any atom is 0.237 e. The fourth-order valence-corrected chi connectivity index (χ4v) is 1.28. The van der Waals surface area contributed by atoms with E-state index in [1.807, 2.05) is 0 Å². The summed E-state index contributed by atoms with van der Waals surface area (Å²) in [5.41, 5.74) is 1.06. The Balaban J connectivity index is 2.40. The van der Waals surface area contributed by atoms with Gasteiger partial charge in [-0.2, -0.15) is 0 Å². The topological polar surface area (TPSA) is 58.5 Å². The predicted molar refractivity (Wildman–Crippen MR) is 42.4 cm³/mol. The van der Waals surface area contributed by atoms with Gasteiger partial charge in [0, 0.05) is 18.0 Å². The van der Waals surface area contributed by atoms with Gasteiger partial charge in [-0.15, -0.1) is 0 Å². The molecule has 2 heterocycles. The van der Waals surface area contributed by atoms with Crippen LogP contribution in [0.5, 0.6) is 0 Å². The van der Waals surface area contributed by atoms with Crippen LogP contribution in [-0.4, -0.2) is 17.9 Å². The van der Waals surface area contributed by atoms with Gasteiger partial charge in [0.25, 0.3) is 0 Å². The van der Waals surface area contributed by atoms with E-state index >= 15 is 0 Å². The van der Waals surface area contributed by atoms with Crippen molar-refractivity contribution in [3.63, 3.8) is 0 Å². The van der Waals surface area contributed by atoms with Crippen LogP contribution >= 0.6 is 0 Å². The molecule has 0 fully saturated rings. The molecule has 1 amide bonds. The van der Waals surface area contributed by atoms with E-state index in [2.05, 4.69) is 10.3 Å². The monoisotopic (exact) mass is 162 g/mol. The third-order valence-electron chi connectivity index (χ3n) is 1.87. The van der Waals surface area contributed by atoms with Crippen molar-refractivity contribution < 1.29 is 9.59 Å². The number of aldehydes is 1. The number of nitrogens with zero attached hydrogens (tertiary/aromatic N) is 1. The number of amides is 1. The van der Waals surface area contributed by atoms with E-state index in [0.717, 1.165) is 0 Å². The highest BCUT2D eigenvalue weighted by Crippen LogP contribution is 2.21. The first kappa shape index (κ1) is 6.97. The van der Waals surface area contributed by atoms with Gasteiger partial charge < -0.3 is 5.32 Å². The van der Waals surface area contributed by atoms with E-state index in [1.165, 1.54) is 12.4 Å². The van der Waals surface area contributed by atoms with Crippen LogP contribution in [0.1, 0.15) is 0 Å². The molecular weight excluding hydrogens is 156 g/mol. The van der Waals surface area contributed by atoms with E-state index in [4.69, 9.17) is 0 Å². The Kier molecular flexibility index (Phi) is 1.40. The predicted octanol–water partition coefficient (Wildman–Crippen LogP) is -0.217. The van der Waals surface area contributed by atoms with Crippen molar-refractivity contribution in [3.05, 3.63) is 24.0 Å². The van der Waals surface area contributed by atoms with E-state index in [9.17, 15) is 9.59 Å². The largest absolute Gasteiger partial charge is 0.332 e. The molecule has 0 aromatic rings. The number of hydrogen-bond donors (Lipinski definition) is 1. The summed E-state index contributed by atoms with van der Waals surface area (Å²) in [4.78, 5) is 25.6. The zero-order valence-corrected chi connectivity index (χ0v) is 6.15. The minimum atomic E-state index is -0.479. The highest BCUT2D eigenvalue weighted by molar-refractivity contribution is 6.18. The smallest absolute Gasteiger partial charge is 0.237 e. The molecule has 4 heteroatoms. The Morgan fingerprint density at radius 1 is 1.58 bits per heavy atom. The highest BCUT2D eigenvalue weighted by atomic mass is 16.2. The Morgan fingerprint density at radius 2 is 2.42 bits per heavy atom. The molecule has 2 aliphatic heterocycles. The molecule has 2 rings (SSSR count). The minimum Gasteiger partial charge on any atom is -0.332 e. The second-order valence-corrected chi connectivity index (χ2v) is 2.58. The molecule has 0 saturated carbocycles. The fourth-order valence-electron chi connectivity index (χ4n) is 1.28. The third-order valence-corrected chi connectivity index (χ3v) is 1.87. The van der Waals surface area contributed by atoms with Crippen molar-refractivity contribution in [3.8, 4) is 0 Å². The first-order valence-electron chi connectivity index (χ1n) is 3.53. The standard InChI is InChI=1S/C8H6N2O2/c11-4-5-3-10-6-1-2-9-8(12)7(5)6/h1-4,7H,(H,9,12). The average Bonchev–Trinajstić information content (AvgIpc) is 2.49. The summed E-state index contributed by atoms with van der Waals surface area (Å²) in [7, 11) is 0. The van der Waals surface area contributed by atoms with Gasteiger partial charge in [0.2, 0.25) is 5.91 Å². The summed E-state index contributed by atoms with van der Waals surface area (Å²) in [6.45, 7) is 0. The number of carbonyl (C=O) groups is 2. The lowest BCUT2D eigenvalue weighted by atomic mass is 9.95. The number of allylic oxidation sites excluding steroid dienone is 1.